The Morgan fingerprint density at radius 2 is 1.80 bits per heavy atom. The second-order valence-electron chi connectivity index (χ2n) is 7.65. The highest BCUT2D eigenvalue weighted by Crippen LogP contribution is 2.15. The number of halogens is 1. The molecule has 0 bridgehead atoms. The first kappa shape index (κ1) is 21.6. The summed E-state index contributed by atoms with van der Waals surface area (Å²) in [7, 11) is 0. The molecule has 160 valence electrons. The maximum absolute atomic E-state index is 13.2. The fourth-order valence-corrected chi connectivity index (χ4v) is 3.26. The predicted molar refractivity (Wildman–Crippen MR) is 108 cm³/mol. The molecule has 0 saturated carbocycles. The average molecular weight is 416 g/mol. The summed E-state index contributed by atoms with van der Waals surface area (Å²) in [6, 6.07) is 7.38. The number of nitrogens with zero attached hydrogens (tertiary/aromatic N) is 3. The van der Waals surface area contributed by atoms with Crippen molar-refractivity contribution < 1.29 is 19.1 Å². The monoisotopic (exact) mass is 416 g/mol. The minimum atomic E-state index is -0.758. The normalized spacial score (nSPS) is 19.4. The van der Waals surface area contributed by atoms with E-state index in [9.17, 15) is 23.9 Å². The first-order valence-corrected chi connectivity index (χ1v) is 9.90. The Morgan fingerprint density at radius 1 is 1.13 bits per heavy atom. The molecule has 1 aliphatic heterocycles. The molecule has 30 heavy (non-hydrogen) atoms. The van der Waals surface area contributed by atoms with Gasteiger partial charge in [-0.25, -0.2) is 4.39 Å². The van der Waals surface area contributed by atoms with Crippen LogP contribution in [-0.4, -0.2) is 56.8 Å². The van der Waals surface area contributed by atoms with Gasteiger partial charge in [-0.15, -0.1) is 0 Å². The Bertz CT molecular complexity index is 974. The van der Waals surface area contributed by atoms with Crippen LogP contribution < -0.4 is 10.9 Å². The molecule has 2 heterocycles. The van der Waals surface area contributed by atoms with Crippen molar-refractivity contribution in [1.29, 1.82) is 0 Å². The van der Waals surface area contributed by atoms with Crippen LogP contribution in [-0.2, 0) is 4.79 Å². The van der Waals surface area contributed by atoms with Gasteiger partial charge in [-0.2, -0.15) is 9.78 Å². The molecule has 1 saturated heterocycles. The highest BCUT2D eigenvalue weighted by molar-refractivity contribution is 5.92. The molecular weight excluding hydrogens is 391 g/mol. The van der Waals surface area contributed by atoms with Crippen LogP contribution in [0.5, 0.6) is 0 Å². The van der Waals surface area contributed by atoms with Crippen molar-refractivity contribution in [1.82, 2.24) is 20.0 Å². The molecule has 2 amide bonds. The molecule has 3 rings (SSSR count). The van der Waals surface area contributed by atoms with Gasteiger partial charge in [0.05, 0.1) is 17.8 Å². The van der Waals surface area contributed by atoms with E-state index in [1.165, 1.54) is 36.4 Å². The van der Waals surface area contributed by atoms with Gasteiger partial charge in [-0.05, 0) is 43.2 Å². The van der Waals surface area contributed by atoms with E-state index >= 15 is 0 Å². The van der Waals surface area contributed by atoms with E-state index in [1.807, 2.05) is 0 Å². The lowest BCUT2D eigenvalue weighted by Crippen LogP contribution is -2.44. The van der Waals surface area contributed by atoms with Crippen molar-refractivity contribution in [2.24, 2.45) is 5.92 Å². The van der Waals surface area contributed by atoms with Crippen LogP contribution in [0.4, 0.5) is 4.39 Å². The topological polar surface area (TPSA) is 105 Å². The van der Waals surface area contributed by atoms with Crippen LogP contribution in [0.1, 0.15) is 37.2 Å². The lowest BCUT2D eigenvalue weighted by atomic mass is 10.1. The molecular formula is C21H25FN4O4. The Morgan fingerprint density at radius 3 is 2.47 bits per heavy atom. The number of carbonyl (C=O) groups is 2. The van der Waals surface area contributed by atoms with Crippen LogP contribution in [0.2, 0.25) is 0 Å². The lowest BCUT2D eigenvalue weighted by molar-refractivity contribution is -0.125. The van der Waals surface area contributed by atoms with Crippen molar-refractivity contribution in [3.8, 4) is 5.69 Å². The zero-order valence-corrected chi connectivity index (χ0v) is 16.9. The highest BCUT2D eigenvalue weighted by atomic mass is 19.1. The standard InChI is InChI=1S/C21H25FN4O4/c1-13(2)20(29)23-16-9-11-25(12-10-18(16)27)21(30)17-7-8-19(28)26(24-17)15-5-3-14(22)4-6-15/h3-8,13,16,18,27H,9-12H2,1-2H3,(H,23,29)/t16-,18-/m0/s1. The Balaban J connectivity index is 1.76. The van der Waals surface area contributed by atoms with Crippen molar-refractivity contribution in [3.05, 3.63) is 58.3 Å². The van der Waals surface area contributed by atoms with Crippen molar-refractivity contribution in [2.45, 2.75) is 38.8 Å². The van der Waals surface area contributed by atoms with Gasteiger partial charge in [0.25, 0.3) is 11.5 Å². The zero-order valence-electron chi connectivity index (χ0n) is 16.9. The third kappa shape index (κ3) is 4.91. The number of aliphatic hydroxyl groups excluding tert-OH is 1. The van der Waals surface area contributed by atoms with E-state index in [0.717, 1.165) is 4.68 Å². The van der Waals surface area contributed by atoms with E-state index in [2.05, 4.69) is 10.4 Å². The third-order valence-corrected chi connectivity index (χ3v) is 5.10. The van der Waals surface area contributed by atoms with Gasteiger partial charge in [-0.3, -0.25) is 14.4 Å². The third-order valence-electron chi connectivity index (χ3n) is 5.10. The molecule has 2 aromatic rings. The number of amides is 2. The summed E-state index contributed by atoms with van der Waals surface area (Å²) in [5, 5.41) is 17.3. The minimum Gasteiger partial charge on any atom is -0.391 e. The van der Waals surface area contributed by atoms with E-state index in [-0.39, 0.29) is 23.4 Å². The van der Waals surface area contributed by atoms with Crippen molar-refractivity contribution in [3.63, 3.8) is 0 Å². The SMILES string of the molecule is CC(C)C(=O)N[C@H]1CCN(C(=O)c2ccc(=O)n(-c3ccc(F)cc3)n2)CC[C@@H]1O. The quantitative estimate of drug-likeness (QED) is 0.777. The van der Waals surface area contributed by atoms with Crippen molar-refractivity contribution >= 4 is 11.8 Å². The fourth-order valence-electron chi connectivity index (χ4n) is 3.26. The Kier molecular flexibility index (Phi) is 6.61. The summed E-state index contributed by atoms with van der Waals surface area (Å²) in [6.45, 7) is 4.17. The second-order valence-corrected chi connectivity index (χ2v) is 7.65. The van der Waals surface area contributed by atoms with Gasteiger partial charge in [0, 0.05) is 25.1 Å². The Hall–Kier alpha value is -3.07. The van der Waals surface area contributed by atoms with Gasteiger partial charge in [-0.1, -0.05) is 13.8 Å². The number of aromatic nitrogens is 2. The number of benzene rings is 1. The van der Waals surface area contributed by atoms with Crippen LogP contribution in [0.15, 0.2) is 41.2 Å². The molecule has 2 N–H and O–H groups in total. The highest BCUT2D eigenvalue weighted by Gasteiger charge is 2.29. The fraction of sp³-hybridized carbons (Fsp3) is 0.429. The summed E-state index contributed by atoms with van der Waals surface area (Å²) < 4.78 is 14.2. The number of aliphatic hydroxyl groups is 1. The van der Waals surface area contributed by atoms with Crippen LogP contribution in [0.25, 0.3) is 5.69 Å². The zero-order chi connectivity index (χ0) is 21.8. The number of nitrogens with one attached hydrogen (secondary N) is 1. The first-order valence-electron chi connectivity index (χ1n) is 9.90. The van der Waals surface area contributed by atoms with Gasteiger partial charge < -0.3 is 15.3 Å². The smallest absolute Gasteiger partial charge is 0.274 e. The molecule has 0 spiro atoms. The van der Waals surface area contributed by atoms with E-state index in [4.69, 9.17) is 0 Å². The summed E-state index contributed by atoms with van der Waals surface area (Å²) in [5.74, 6) is -1.17. The maximum Gasteiger partial charge on any atom is 0.274 e. The summed E-state index contributed by atoms with van der Waals surface area (Å²) in [6.07, 6.45) is -0.0401. The van der Waals surface area contributed by atoms with E-state index < -0.39 is 23.5 Å². The largest absolute Gasteiger partial charge is 0.391 e. The molecule has 9 heteroatoms. The van der Waals surface area contributed by atoms with E-state index in [1.54, 1.807) is 18.7 Å². The minimum absolute atomic E-state index is 0.0677. The summed E-state index contributed by atoms with van der Waals surface area (Å²) >= 11 is 0. The molecule has 8 nitrogen and oxygen atoms in total. The lowest BCUT2D eigenvalue weighted by Gasteiger charge is -2.22. The molecule has 1 aromatic heterocycles. The molecule has 2 atom stereocenters. The predicted octanol–water partition coefficient (Wildman–Crippen LogP) is 1.11. The molecule has 0 unspecified atom stereocenters. The number of likely N-dealkylation sites (tertiary alicyclic amines) is 1. The number of carbonyl (C=O) groups excluding carboxylic acids is 2. The van der Waals surface area contributed by atoms with E-state index in [0.29, 0.717) is 31.6 Å². The van der Waals surface area contributed by atoms with Gasteiger partial charge in [0.1, 0.15) is 11.5 Å². The summed E-state index contributed by atoms with van der Waals surface area (Å²) in [5.41, 5.74) is -0.0298. The van der Waals surface area contributed by atoms with Crippen LogP contribution >= 0.6 is 0 Å². The molecule has 1 fully saturated rings. The number of hydrogen-bond donors (Lipinski definition) is 2. The molecule has 1 aliphatic rings. The van der Waals surface area contributed by atoms with Crippen molar-refractivity contribution in [2.75, 3.05) is 13.1 Å². The Labute approximate surface area is 173 Å². The van der Waals surface area contributed by atoms with Gasteiger partial charge >= 0.3 is 0 Å². The molecule has 0 aliphatic carbocycles. The van der Waals surface area contributed by atoms with Gasteiger partial charge in [0.2, 0.25) is 5.91 Å². The summed E-state index contributed by atoms with van der Waals surface area (Å²) in [4.78, 5) is 38.6. The average Bonchev–Trinajstić information content (AvgIpc) is 2.90. The van der Waals surface area contributed by atoms with Crippen LogP contribution in [0.3, 0.4) is 0 Å². The number of hydrogen-bond acceptors (Lipinski definition) is 5. The first-order chi connectivity index (χ1) is 14.3. The molecule has 1 aromatic carbocycles. The molecule has 0 radical (unpaired) electrons. The van der Waals surface area contributed by atoms with Crippen LogP contribution in [0, 0.1) is 11.7 Å². The maximum atomic E-state index is 13.2. The van der Waals surface area contributed by atoms with Gasteiger partial charge in [0.15, 0.2) is 0 Å². The second kappa shape index (κ2) is 9.17. The number of rotatable bonds is 4.